The largest absolute Gasteiger partial charge is 0.494 e. The van der Waals surface area contributed by atoms with Crippen molar-refractivity contribution in [3.8, 4) is 11.8 Å². The molecule has 2 heterocycles. The molecule has 1 atom stereocenters. The van der Waals surface area contributed by atoms with E-state index in [-0.39, 0.29) is 17.8 Å². The Bertz CT molecular complexity index is 956. The molecule has 1 amide bonds. The lowest BCUT2D eigenvalue weighted by atomic mass is 9.95. The second-order valence-electron chi connectivity index (χ2n) is 7.95. The van der Waals surface area contributed by atoms with Crippen molar-refractivity contribution < 1.29 is 14.3 Å². The van der Waals surface area contributed by atoms with Crippen LogP contribution >= 0.6 is 11.8 Å². The van der Waals surface area contributed by atoms with Crippen LogP contribution in [-0.4, -0.2) is 35.5 Å². The van der Waals surface area contributed by atoms with E-state index in [2.05, 4.69) is 16.0 Å². The molecule has 164 valence electrons. The Morgan fingerprint density at radius 3 is 2.81 bits per heavy atom. The first kappa shape index (κ1) is 21.8. The van der Waals surface area contributed by atoms with Crippen LogP contribution in [0.5, 0.6) is 5.75 Å². The standard InChI is InChI=1S/C24H29N3O3S/c1-2-29-17-9-11-19(12-10-17)31-16-23(28)26-24-21(14-25)20-7-3-4-8-22(20)27(24)15-18-6-5-13-30-18/h9-12,18H,2-8,13,15-16H2,1H3,(H,26,28). The minimum absolute atomic E-state index is 0.0983. The van der Waals surface area contributed by atoms with Gasteiger partial charge in [0.15, 0.2) is 0 Å². The second-order valence-corrected chi connectivity index (χ2v) is 9.00. The molecule has 0 saturated carbocycles. The first-order valence-electron chi connectivity index (χ1n) is 11.1. The van der Waals surface area contributed by atoms with E-state index in [1.165, 1.54) is 17.5 Å². The van der Waals surface area contributed by atoms with Crippen molar-refractivity contribution in [3.05, 3.63) is 41.1 Å². The zero-order valence-electron chi connectivity index (χ0n) is 18.0. The van der Waals surface area contributed by atoms with Crippen LogP contribution < -0.4 is 10.1 Å². The van der Waals surface area contributed by atoms with Gasteiger partial charge in [-0.1, -0.05) is 0 Å². The first-order chi connectivity index (χ1) is 15.2. The number of amides is 1. The van der Waals surface area contributed by atoms with Crippen LogP contribution in [0.2, 0.25) is 0 Å². The molecule has 1 N–H and O–H groups in total. The van der Waals surface area contributed by atoms with Gasteiger partial charge < -0.3 is 19.4 Å². The van der Waals surface area contributed by atoms with Gasteiger partial charge in [-0.15, -0.1) is 11.8 Å². The van der Waals surface area contributed by atoms with Gasteiger partial charge in [0.25, 0.3) is 0 Å². The summed E-state index contributed by atoms with van der Waals surface area (Å²) >= 11 is 1.48. The van der Waals surface area contributed by atoms with Gasteiger partial charge in [0.1, 0.15) is 17.6 Å². The van der Waals surface area contributed by atoms with E-state index in [1.807, 2.05) is 31.2 Å². The summed E-state index contributed by atoms with van der Waals surface area (Å²) in [7, 11) is 0. The number of carbonyl (C=O) groups excluding carboxylic acids is 1. The third-order valence-corrected chi connectivity index (χ3v) is 6.87. The van der Waals surface area contributed by atoms with Gasteiger partial charge in [-0.2, -0.15) is 5.26 Å². The number of thioether (sulfide) groups is 1. The highest BCUT2D eigenvalue weighted by molar-refractivity contribution is 8.00. The molecule has 2 aliphatic rings. The summed E-state index contributed by atoms with van der Waals surface area (Å²) in [5.74, 6) is 1.67. The van der Waals surface area contributed by atoms with Gasteiger partial charge in [-0.25, -0.2) is 0 Å². The van der Waals surface area contributed by atoms with Crippen LogP contribution in [0.25, 0.3) is 0 Å². The zero-order valence-corrected chi connectivity index (χ0v) is 18.8. The smallest absolute Gasteiger partial charge is 0.235 e. The number of anilines is 1. The van der Waals surface area contributed by atoms with Crippen LogP contribution in [0.3, 0.4) is 0 Å². The monoisotopic (exact) mass is 439 g/mol. The molecule has 1 saturated heterocycles. The number of carbonyl (C=O) groups is 1. The predicted octanol–water partition coefficient (Wildman–Crippen LogP) is 4.55. The average Bonchev–Trinajstić information content (AvgIpc) is 3.40. The molecule has 7 heteroatoms. The molecular weight excluding hydrogens is 410 g/mol. The summed E-state index contributed by atoms with van der Waals surface area (Å²) in [6.07, 6.45) is 6.31. The van der Waals surface area contributed by atoms with Crippen LogP contribution in [0.1, 0.15) is 49.4 Å². The zero-order chi connectivity index (χ0) is 21.6. The van der Waals surface area contributed by atoms with Crippen LogP contribution in [0.15, 0.2) is 29.2 Å². The van der Waals surface area contributed by atoms with Crippen molar-refractivity contribution in [2.75, 3.05) is 24.3 Å². The molecule has 31 heavy (non-hydrogen) atoms. The lowest BCUT2D eigenvalue weighted by molar-refractivity contribution is -0.113. The van der Waals surface area contributed by atoms with E-state index < -0.39 is 0 Å². The molecule has 0 radical (unpaired) electrons. The quantitative estimate of drug-likeness (QED) is 0.611. The minimum Gasteiger partial charge on any atom is -0.494 e. The van der Waals surface area contributed by atoms with E-state index in [0.29, 0.717) is 24.5 Å². The third kappa shape index (κ3) is 5.08. The molecule has 1 aromatic heterocycles. The Morgan fingerprint density at radius 1 is 1.29 bits per heavy atom. The van der Waals surface area contributed by atoms with Crippen molar-refractivity contribution in [2.45, 2.75) is 63.0 Å². The SMILES string of the molecule is CCOc1ccc(SCC(=O)Nc2c(C#N)c3c(n2CC2CCCO2)CCCC3)cc1. The Balaban J connectivity index is 1.49. The van der Waals surface area contributed by atoms with Crippen molar-refractivity contribution >= 4 is 23.5 Å². The number of aromatic nitrogens is 1. The number of hydrogen-bond donors (Lipinski definition) is 1. The summed E-state index contributed by atoms with van der Waals surface area (Å²) < 4.78 is 13.5. The van der Waals surface area contributed by atoms with Crippen molar-refractivity contribution in [3.63, 3.8) is 0 Å². The van der Waals surface area contributed by atoms with Crippen LogP contribution in [0.4, 0.5) is 5.82 Å². The van der Waals surface area contributed by atoms with Crippen molar-refractivity contribution in [2.24, 2.45) is 0 Å². The number of hydrogen-bond acceptors (Lipinski definition) is 5. The number of nitrogens with one attached hydrogen (secondary N) is 1. The molecule has 0 bridgehead atoms. The van der Waals surface area contributed by atoms with E-state index in [9.17, 15) is 10.1 Å². The topological polar surface area (TPSA) is 76.3 Å². The summed E-state index contributed by atoms with van der Waals surface area (Å²) in [5.41, 5.74) is 2.95. The van der Waals surface area contributed by atoms with Gasteiger partial charge in [0, 0.05) is 17.2 Å². The summed E-state index contributed by atoms with van der Waals surface area (Å²) in [5, 5.41) is 12.9. The number of nitrogens with zero attached hydrogens (tertiary/aromatic N) is 2. The summed E-state index contributed by atoms with van der Waals surface area (Å²) in [4.78, 5) is 13.8. The van der Waals surface area contributed by atoms with Crippen LogP contribution in [-0.2, 0) is 28.9 Å². The van der Waals surface area contributed by atoms with Crippen molar-refractivity contribution in [1.82, 2.24) is 4.57 Å². The normalized spacial score (nSPS) is 17.7. The maximum atomic E-state index is 12.8. The number of fused-ring (bicyclic) bond motifs is 1. The Hall–Kier alpha value is -2.43. The lowest BCUT2D eigenvalue weighted by Gasteiger charge is -2.19. The second kappa shape index (κ2) is 10.3. The van der Waals surface area contributed by atoms with E-state index in [0.717, 1.165) is 61.3 Å². The van der Waals surface area contributed by atoms with E-state index in [4.69, 9.17) is 9.47 Å². The van der Waals surface area contributed by atoms with Gasteiger partial charge >= 0.3 is 0 Å². The summed E-state index contributed by atoms with van der Waals surface area (Å²) in [6.45, 7) is 4.08. The highest BCUT2D eigenvalue weighted by Gasteiger charge is 2.28. The molecule has 6 nitrogen and oxygen atoms in total. The van der Waals surface area contributed by atoms with E-state index in [1.54, 1.807) is 0 Å². The fourth-order valence-electron chi connectivity index (χ4n) is 4.43. The van der Waals surface area contributed by atoms with Gasteiger partial charge in [0.05, 0.1) is 30.6 Å². The molecule has 4 rings (SSSR count). The fraction of sp³-hybridized carbons (Fsp3) is 0.500. The number of ether oxygens (including phenoxy) is 2. The first-order valence-corrected chi connectivity index (χ1v) is 12.1. The summed E-state index contributed by atoms with van der Waals surface area (Å²) in [6, 6.07) is 10.1. The predicted molar refractivity (Wildman–Crippen MR) is 122 cm³/mol. The van der Waals surface area contributed by atoms with Gasteiger partial charge in [-0.3, -0.25) is 4.79 Å². The van der Waals surface area contributed by atoms with Gasteiger partial charge in [0.2, 0.25) is 5.91 Å². The average molecular weight is 440 g/mol. The number of nitriles is 1. The molecule has 1 aliphatic heterocycles. The van der Waals surface area contributed by atoms with E-state index >= 15 is 0 Å². The Kier molecular flexibility index (Phi) is 7.21. The molecule has 2 aromatic rings. The lowest BCUT2D eigenvalue weighted by Crippen LogP contribution is -2.23. The number of benzene rings is 1. The molecule has 1 aliphatic carbocycles. The fourth-order valence-corrected chi connectivity index (χ4v) is 5.13. The van der Waals surface area contributed by atoms with Crippen LogP contribution in [0, 0.1) is 11.3 Å². The minimum atomic E-state index is -0.0983. The third-order valence-electron chi connectivity index (χ3n) is 5.86. The maximum Gasteiger partial charge on any atom is 0.235 e. The molecular formula is C24H29N3O3S. The molecule has 1 unspecified atom stereocenters. The highest BCUT2D eigenvalue weighted by atomic mass is 32.2. The van der Waals surface area contributed by atoms with Crippen molar-refractivity contribution in [1.29, 1.82) is 5.26 Å². The molecule has 0 spiro atoms. The molecule has 1 fully saturated rings. The highest BCUT2D eigenvalue weighted by Crippen LogP contribution is 2.34. The Morgan fingerprint density at radius 2 is 2.10 bits per heavy atom. The Labute approximate surface area is 187 Å². The maximum absolute atomic E-state index is 12.8. The van der Waals surface area contributed by atoms with Gasteiger partial charge in [-0.05, 0) is 75.3 Å². The molecule has 1 aromatic carbocycles. The number of rotatable bonds is 8.